The molecule has 1 aliphatic carbocycles. The summed E-state index contributed by atoms with van der Waals surface area (Å²) in [6.07, 6.45) is 7.65. The van der Waals surface area contributed by atoms with Gasteiger partial charge in [-0.25, -0.2) is 4.98 Å². The van der Waals surface area contributed by atoms with E-state index < -0.39 is 0 Å². The van der Waals surface area contributed by atoms with Crippen molar-refractivity contribution in [2.75, 3.05) is 13.1 Å². The van der Waals surface area contributed by atoms with E-state index in [2.05, 4.69) is 10.3 Å². The highest BCUT2D eigenvalue weighted by Crippen LogP contribution is 2.24. The van der Waals surface area contributed by atoms with Gasteiger partial charge >= 0.3 is 0 Å². The van der Waals surface area contributed by atoms with Crippen LogP contribution in [0.2, 0.25) is 0 Å². The van der Waals surface area contributed by atoms with Crippen LogP contribution in [0.4, 0.5) is 0 Å². The second kappa shape index (κ2) is 8.11. The maximum absolute atomic E-state index is 12.7. The van der Waals surface area contributed by atoms with E-state index in [9.17, 15) is 9.59 Å². The number of para-hydroxylation sites is 2. The number of likely N-dealkylation sites (tertiary alicyclic amines) is 1. The van der Waals surface area contributed by atoms with Crippen molar-refractivity contribution in [2.24, 2.45) is 5.92 Å². The molecule has 1 aliphatic heterocycles. The number of imidazole rings is 1. The highest BCUT2D eigenvalue weighted by Gasteiger charge is 2.23. The summed E-state index contributed by atoms with van der Waals surface area (Å²) in [7, 11) is 0. The molecule has 27 heavy (non-hydrogen) atoms. The molecule has 6 nitrogen and oxygen atoms in total. The van der Waals surface area contributed by atoms with Crippen molar-refractivity contribution in [1.29, 1.82) is 0 Å². The third-order valence-electron chi connectivity index (χ3n) is 5.88. The van der Waals surface area contributed by atoms with Crippen LogP contribution in [0.1, 0.15) is 50.8 Å². The largest absolute Gasteiger partial charge is 0.349 e. The number of aromatic nitrogens is 2. The zero-order valence-electron chi connectivity index (χ0n) is 15.8. The van der Waals surface area contributed by atoms with Crippen molar-refractivity contribution in [3.63, 3.8) is 0 Å². The summed E-state index contributed by atoms with van der Waals surface area (Å²) in [5.74, 6) is 1.14. The van der Waals surface area contributed by atoms with Gasteiger partial charge in [0.1, 0.15) is 12.4 Å². The second-order valence-corrected chi connectivity index (χ2v) is 7.74. The first-order valence-electron chi connectivity index (χ1n) is 10.2. The lowest BCUT2D eigenvalue weighted by Crippen LogP contribution is -2.34. The Bertz CT molecular complexity index is 817. The summed E-state index contributed by atoms with van der Waals surface area (Å²) in [5, 5.41) is 3.07. The number of hydrogen-bond donors (Lipinski definition) is 1. The number of fused-ring (bicyclic) bond motifs is 1. The van der Waals surface area contributed by atoms with Gasteiger partial charge in [0, 0.05) is 19.0 Å². The molecule has 0 atom stereocenters. The highest BCUT2D eigenvalue weighted by atomic mass is 16.2. The zero-order chi connectivity index (χ0) is 18.6. The fourth-order valence-corrected chi connectivity index (χ4v) is 4.31. The van der Waals surface area contributed by atoms with Crippen molar-refractivity contribution in [2.45, 2.75) is 58.0 Å². The first-order valence-corrected chi connectivity index (χ1v) is 10.2. The van der Waals surface area contributed by atoms with Crippen LogP contribution in [0.5, 0.6) is 0 Å². The molecule has 1 saturated carbocycles. The van der Waals surface area contributed by atoms with E-state index in [4.69, 9.17) is 0 Å². The predicted octanol–water partition coefficient (Wildman–Crippen LogP) is 2.86. The standard InChI is InChI=1S/C21H28N4O2/c26-20(24-12-6-7-13-24)15-25-18-11-5-4-10-17(18)23-19(25)14-22-21(27)16-8-2-1-3-9-16/h4-5,10-11,16H,1-3,6-9,12-15H2,(H,22,27). The molecule has 0 unspecified atom stereocenters. The lowest BCUT2D eigenvalue weighted by Gasteiger charge is -2.21. The Balaban J connectivity index is 1.50. The Labute approximate surface area is 159 Å². The molecule has 1 saturated heterocycles. The number of carbonyl (C=O) groups is 2. The first-order chi connectivity index (χ1) is 13.2. The third kappa shape index (κ3) is 3.99. The number of amides is 2. The second-order valence-electron chi connectivity index (χ2n) is 7.74. The van der Waals surface area contributed by atoms with Crippen molar-refractivity contribution < 1.29 is 9.59 Å². The highest BCUT2D eigenvalue weighted by molar-refractivity contribution is 5.82. The molecule has 1 aromatic heterocycles. The minimum atomic E-state index is 0.124. The molecule has 0 radical (unpaired) electrons. The van der Waals surface area contributed by atoms with Crippen LogP contribution in [0.3, 0.4) is 0 Å². The maximum atomic E-state index is 12.7. The fraction of sp³-hybridized carbons (Fsp3) is 0.571. The summed E-state index contributed by atoms with van der Waals surface area (Å²) >= 11 is 0. The quantitative estimate of drug-likeness (QED) is 0.882. The van der Waals surface area contributed by atoms with Crippen LogP contribution in [0, 0.1) is 5.92 Å². The minimum Gasteiger partial charge on any atom is -0.349 e. The molecular formula is C21H28N4O2. The van der Waals surface area contributed by atoms with Gasteiger partial charge in [-0.2, -0.15) is 0 Å². The summed E-state index contributed by atoms with van der Waals surface area (Å²) < 4.78 is 1.97. The molecule has 2 fully saturated rings. The molecule has 4 rings (SSSR count). The SMILES string of the molecule is O=C(NCc1nc2ccccc2n1CC(=O)N1CCCC1)C1CCCCC1. The van der Waals surface area contributed by atoms with Crippen molar-refractivity contribution in [1.82, 2.24) is 19.8 Å². The van der Waals surface area contributed by atoms with Gasteiger partial charge in [-0.3, -0.25) is 9.59 Å². The monoisotopic (exact) mass is 368 g/mol. The van der Waals surface area contributed by atoms with Crippen LogP contribution in [-0.2, 0) is 22.7 Å². The summed E-state index contributed by atoms with van der Waals surface area (Å²) in [5.41, 5.74) is 1.82. The van der Waals surface area contributed by atoms with Crippen LogP contribution in [0.25, 0.3) is 11.0 Å². The third-order valence-corrected chi connectivity index (χ3v) is 5.88. The van der Waals surface area contributed by atoms with Gasteiger partial charge in [-0.15, -0.1) is 0 Å². The van der Waals surface area contributed by atoms with Crippen LogP contribution in [0.15, 0.2) is 24.3 Å². The van der Waals surface area contributed by atoms with Gasteiger partial charge in [0.2, 0.25) is 11.8 Å². The average molecular weight is 368 g/mol. The number of carbonyl (C=O) groups excluding carboxylic acids is 2. The maximum Gasteiger partial charge on any atom is 0.242 e. The number of nitrogens with one attached hydrogen (secondary N) is 1. The molecule has 6 heteroatoms. The number of hydrogen-bond acceptors (Lipinski definition) is 3. The van der Waals surface area contributed by atoms with Crippen LogP contribution < -0.4 is 5.32 Å². The Morgan fingerprint density at radius 2 is 1.78 bits per heavy atom. The molecule has 2 aliphatic rings. The normalized spacial score (nSPS) is 18.1. The van der Waals surface area contributed by atoms with E-state index in [0.717, 1.165) is 68.5 Å². The number of rotatable bonds is 5. The lowest BCUT2D eigenvalue weighted by atomic mass is 9.89. The van der Waals surface area contributed by atoms with E-state index in [-0.39, 0.29) is 24.3 Å². The van der Waals surface area contributed by atoms with Gasteiger partial charge in [0.05, 0.1) is 17.6 Å². The van der Waals surface area contributed by atoms with Gasteiger partial charge in [-0.05, 0) is 37.8 Å². The zero-order valence-corrected chi connectivity index (χ0v) is 15.8. The Hall–Kier alpha value is -2.37. The van der Waals surface area contributed by atoms with E-state index in [1.165, 1.54) is 6.42 Å². The Morgan fingerprint density at radius 3 is 2.56 bits per heavy atom. The van der Waals surface area contributed by atoms with Crippen molar-refractivity contribution >= 4 is 22.8 Å². The number of benzene rings is 1. The molecule has 1 N–H and O–H groups in total. The molecule has 2 amide bonds. The predicted molar refractivity (Wildman–Crippen MR) is 104 cm³/mol. The average Bonchev–Trinajstić information content (AvgIpc) is 3.35. The Morgan fingerprint density at radius 1 is 1.04 bits per heavy atom. The summed E-state index contributed by atoms with van der Waals surface area (Å²) in [4.78, 5) is 31.8. The topological polar surface area (TPSA) is 67.2 Å². The first kappa shape index (κ1) is 18.0. The molecular weight excluding hydrogens is 340 g/mol. The Kier molecular flexibility index (Phi) is 5.41. The van der Waals surface area contributed by atoms with E-state index in [1.54, 1.807) is 0 Å². The van der Waals surface area contributed by atoms with Gasteiger partial charge in [0.15, 0.2) is 0 Å². The molecule has 144 valence electrons. The number of nitrogens with zero attached hydrogens (tertiary/aromatic N) is 3. The van der Waals surface area contributed by atoms with Crippen molar-refractivity contribution in [3.05, 3.63) is 30.1 Å². The molecule has 1 aromatic carbocycles. The minimum absolute atomic E-state index is 0.124. The molecule has 2 heterocycles. The molecule has 2 aromatic rings. The summed E-state index contributed by atoms with van der Waals surface area (Å²) in [6.45, 7) is 2.35. The molecule has 0 bridgehead atoms. The molecule has 0 spiro atoms. The lowest BCUT2D eigenvalue weighted by molar-refractivity contribution is -0.130. The van der Waals surface area contributed by atoms with Gasteiger partial charge in [-0.1, -0.05) is 31.4 Å². The fourth-order valence-electron chi connectivity index (χ4n) is 4.31. The van der Waals surface area contributed by atoms with Gasteiger partial charge < -0.3 is 14.8 Å². The summed E-state index contributed by atoms with van der Waals surface area (Å²) in [6, 6.07) is 7.86. The van der Waals surface area contributed by atoms with Crippen LogP contribution >= 0.6 is 0 Å². The van der Waals surface area contributed by atoms with E-state index in [0.29, 0.717) is 6.54 Å². The van der Waals surface area contributed by atoms with Gasteiger partial charge in [0.25, 0.3) is 0 Å². The van der Waals surface area contributed by atoms with Crippen molar-refractivity contribution in [3.8, 4) is 0 Å². The van der Waals surface area contributed by atoms with Crippen LogP contribution in [-0.4, -0.2) is 39.4 Å². The van der Waals surface area contributed by atoms with E-state index >= 15 is 0 Å². The smallest absolute Gasteiger partial charge is 0.242 e. The van der Waals surface area contributed by atoms with E-state index in [1.807, 2.05) is 33.7 Å².